The van der Waals surface area contributed by atoms with Crippen LogP contribution in [0.2, 0.25) is 0 Å². The van der Waals surface area contributed by atoms with Crippen LogP contribution in [0.15, 0.2) is 12.1 Å². The summed E-state index contributed by atoms with van der Waals surface area (Å²) in [5.74, 6) is 0.333. The van der Waals surface area contributed by atoms with Crippen molar-refractivity contribution < 1.29 is 19.4 Å². The van der Waals surface area contributed by atoms with Crippen LogP contribution in [-0.2, 0) is 22.4 Å². The van der Waals surface area contributed by atoms with Gasteiger partial charge in [0.15, 0.2) is 0 Å². The van der Waals surface area contributed by atoms with Crippen molar-refractivity contribution in [1.29, 1.82) is 0 Å². The SMILES string of the molecule is CC(C)CN(C(=O)N[C@@H](CCN(CCCCc1ccc2c(n1)NCCC2)CCOC(C)C)C(=O)O)C(C)C. The molecule has 0 saturated heterocycles. The molecule has 1 aliphatic heterocycles. The fourth-order valence-electron chi connectivity index (χ4n) is 4.63. The highest BCUT2D eigenvalue weighted by Gasteiger charge is 2.25. The smallest absolute Gasteiger partial charge is 0.326 e. The Morgan fingerprint density at radius 2 is 1.87 bits per heavy atom. The summed E-state index contributed by atoms with van der Waals surface area (Å²) in [5, 5.41) is 16.0. The minimum atomic E-state index is -1.00. The number of ether oxygens (including phenoxy) is 1. The van der Waals surface area contributed by atoms with Crippen molar-refractivity contribution in [1.82, 2.24) is 20.1 Å². The van der Waals surface area contributed by atoms with Gasteiger partial charge in [-0.3, -0.25) is 0 Å². The summed E-state index contributed by atoms with van der Waals surface area (Å²) in [6.07, 6.45) is 5.64. The number of nitrogens with one attached hydrogen (secondary N) is 2. The monoisotopic (exact) mass is 533 g/mol. The van der Waals surface area contributed by atoms with Crippen molar-refractivity contribution >= 4 is 17.8 Å². The predicted molar refractivity (Wildman–Crippen MR) is 153 cm³/mol. The van der Waals surface area contributed by atoms with Gasteiger partial charge in [-0.25, -0.2) is 14.6 Å². The molecule has 38 heavy (non-hydrogen) atoms. The third kappa shape index (κ3) is 11.6. The molecular weight excluding hydrogens is 482 g/mol. The van der Waals surface area contributed by atoms with E-state index < -0.39 is 12.0 Å². The average molecular weight is 534 g/mol. The first kappa shape index (κ1) is 31.8. The predicted octanol–water partition coefficient (Wildman–Crippen LogP) is 4.41. The number of nitrogens with zero attached hydrogens (tertiary/aromatic N) is 3. The van der Waals surface area contributed by atoms with E-state index in [-0.39, 0.29) is 18.2 Å². The Hall–Kier alpha value is -2.39. The van der Waals surface area contributed by atoms with E-state index in [0.29, 0.717) is 32.0 Å². The molecule has 2 heterocycles. The Morgan fingerprint density at radius 3 is 2.53 bits per heavy atom. The van der Waals surface area contributed by atoms with E-state index in [1.54, 1.807) is 4.90 Å². The molecule has 2 rings (SSSR count). The second-order valence-corrected chi connectivity index (χ2v) is 11.3. The van der Waals surface area contributed by atoms with Crippen LogP contribution in [0, 0.1) is 5.92 Å². The van der Waals surface area contributed by atoms with Crippen LogP contribution in [0.25, 0.3) is 0 Å². The third-order valence-corrected chi connectivity index (χ3v) is 6.74. The lowest BCUT2D eigenvalue weighted by Crippen LogP contribution is -2.52. The van der Waals surface area contributed by atoms with Crippen LogP contribution < -0.4 is 10.6 Å². The molecular formula is C29H51N5O4. The normalized spacial score (nSPS) is 14.1. The van der Waals surface area contributed by atoms with Crippen molar-refractivity contribution in [3.05, 3.63) is 23.4 Å². The van der Waals surface area contributed by atoms with E-state index >= 15 is 0 Å². The van der Waals surface area contributed by atoms with Crippen molar-refractivity contribution in [3.8, 4) is 0 Å². The maximum absolute atomic E-state index is 12.9. The number of urea groups is 1. The highest BCUT2D eigenvalue weighted by molar-refractivity contribution is 5.82. The molecule has 0 fully saturated rings. The first-order valence-corrected chi connectivity index (χ1v) is 14.4. The number of carbonyl (C=O) groups excluding carboxylic acids is 1. The lowest BCUT2D eigenvalue weighted by Gasteiger charge is -2.30. The maximum Gasteiger partial charge on any atom is 0.326 e. The van der Waals surface area contributed by atoms with Gasteiger partial charge in [-0.15, -0.1) is 0 Å². The van der Waals surface area contributed by atoms with Crippen LogP contribution in [0.1, 0.15) is 78.5 Å². The van der Waals surface area contributed by atoms with E-state index in [9.17, 15) is 14.7 Å². The zero-order valence-corrected chi connectivity index (χ0v) is 24.5. The average Bonchev–Trinajstić information content (AvgIpc) is 2.86. The summed E-state index contributed by atoms with van der Waals surface area (Å²) in [6.45, 7) is 16.3. The summed E-state index contributed by atoms with van der Waals surface area (Å²) in [7, 11) is 0. The number of pyridine rings is 1. The van der Waals surface area contributed by atoms with Gasteiger partial charge < -0.3 is 30.3 Å². The number of fused-ring (bicyclic) bond motifs is 1. The van der Waals surface area contributed by atoms with Crippen LogP contribution >= 0.6 is 0 Å². The van der Waals surface area contributed by atoms with Crippen LogP contribution in [0.3, 0.4) is 0 Å². The number of aromatic nitrogens is 1. The first-order valence-electron chi connectivity index (χ1n) is 14.4. The highest BCUT2D eigenvalue weighted by atomic mass is 16.5. The summed E-state index contributed by atoms with van der Waals surface area (Å²) in [4.78, 5) is 33.6. The molecule has 9 heteroatoms. The fraction of sp³-hybridized carbons (Fsp3) is 0.759. The zero-order chi connectivity index (χ0) is 28.1. The zero-order valence-electron chi connectivity index (χ0n) is 24.5. The van der Waals surface area contributed by atoms with Gasteiger partial charge in [0.05, 0.1) is 12.7 Å². The van der Waals surface area contributed by atoms with Gasteiger partial charge in [-0.1, -0.05) is 19.9 Å². The molecule has 0 saturated carbocycles. The number of hydrogen-bond acceptors (Lipinski definition) is 6. The summed E-state index contributed by atoms with van der Waals surface area (Å²) in [6, 6.07) is 3.08. The number of amides is 2. The molecule has 1 aromatic rings. The number of hydrogen-bond donors (Lipinski definition) is 3. The Morgan fingerprint density at radius 1 is 1.11 bits per heavy atom. The van der Waals surface area contributed by atoms with Crippen LogP contribution in [0.5, 0.6) is 0 Å². The lowest BCUT2D eigenvalue weighted by molar-refractivity contribution is -0.139. The van der Waals surface area contributed by atoms with Crippen molar-refractivity contribution in [2.75, 3.05) is 44.6 Å². The molecule has 0 radical (unpaired) electrons. The minimum Gasteiger partial charge on any atom is -0.480 e. The van der Waals surface area contributed by atoms with Crippen molar-refractivity contribution in [3.63, 3.8) is 0 Å². The molecule has 1 aliphatic rings. The molecule has 2 amide bonds. The first-order chi connectivity index (χ1) is 18.1. The van der Waals surface area contributed by atoms with Crippen LogP contribution in [0.4, 0.5) is 10.6 Å². The number of aliphatic carboxylic acids is 1. The Labute approximate surface area is 229 Å². The summed E-state index contributed by atoms with van der Waals surface area (Å²) in [5.41, 5.74) is 2.41. The van der Waals surface area contributed by atoms with Gasteiger partial charge >= 0.3 is 12.0 Å². The number of rotatable bonds is 17. The molecule has 9 nitrogen and oxygen atoms in total. The van der Waals surface area contributed by atoms with Gasteiger partial charge in [-0.05, 0) is 90.3 Å². The number of carbonyl (C=O) groups is 2. The van der Waals surface area contributed by atoms with E-state index in [1.807, 2.05) is 41.5 Å². The molecule has 1 atom stereocenters. The fourth-order valence-corrected chi connectivity index (χ4v) is 4.63. The Balaban J connectivity index is 1.90. The molecule has 3 N–H and O–H groups in total. The molecule has 0 aromatic carbocycles. The largest absolute Gasteiger partial charge is 0.480 e. The van der Waals surface area contributed by atoms with Crippen molar-refractivity contribution in [2.45, 2.75) is 98.3 Å². The summed E-state index contributed by atoms with van der Waals surface area (Å²) < 4.78 is 5.76. The Bertz CT molecular complexity index is 861. The van der Waals surface area contributed by atoms with Gasteiger partial charge in [0, 0.05) is 37.9 Å². The third-order valence-electron chi connectivity index (χ3n) is 6.74. The Kier molecular flexibility index (Phi) is 13.9. The number of carboxylic acid groups (broad SMARTS) is 1. The molecule has 216 valence electrons. The van der Waals surface area contributed by atoms with E-state index in [2.05, 4.69) is 27.7 Å². The van der Waals surface area contributed by atoms with Gasteiger partial charge in [0.2, 0.25) is 0 Å². The maximum atomic E-state index is 12.9. The number of aryl methyl sites for hydroxylation is 2. The number of anilines is 1. The standard InChI is InChI=1S/C29H51N5O4/c1-21(2)20-34(22(3)4)29(37)32-26(28(35)36)14-17-33(18-19-38-23(5)6)16-8-7-11-25-13-12-24-10-9-15-30-27(24)31-25/h12-13,21-23,26H,7-11,14-20H2,1-6H3,(H,30,31)(H,32,37)(H,35,36)/t26-/m0/s1. The number of unbranched alkanes of at least 4 members (excludes halogenated alkanes) is 1. The van der Waals surface area contributed by atoms with E-state index in [4.69, 9.17) is 9.72 Å². The highest BCUT2D eigenvalue weighted by Crippen LogP contribution is 2.20. The van der Waals surface area contributed by atoms with E-state index in [0.717, 1.165) is 63.3 Å². The molecule has 0 spiro atoms. The number of carboxylic acids is 1. The van der Waals surface area contributed by atoms with Crippen LogP contribution in [-0.4, -0.2) is 89.4 Å². The van der Waals surface area contributed by atoms with Crippen molar-refractivity contribution in [2.24, 2.45) is 5.92 Å². The van der Waals surface area contributed by atoms with E-state index in [1.165, 1.54) is 5.56 Å². The topological polar surface area (TPSA) is 107 Å². The molecule has 1 aromatic heterocycles. The molecule has 0 bridgehead atoms. The van der Waals surface area contributed by atoms with Gasteiger partial charge in [0.1, 0.15) is 11.9 Å². The molecule has 0 unspecified atom stereocenters. The second kappa shape index (κ2) is 16.5. The quantitative estimate of drug-likeness (QED) is 0.255. The summed E-state index contributed by atoms with van der Waals surface area (Å²) >= 11 is 0. The lowest BCUT2D eigenvalue weighted by atomic mass is 10.1. The van der Waals surface area contributed by atoms with Gasteiger partial charge in [0.25, 0.3) is 0 Å². The second-order valence-electron chi connectivity index (χ2n) is 11.3. The minimum absolute atomic E-state index is 0.00286. The van der Waals surface area contributed by atoms with Gasteiger partial charge in [-0.2, -0.15) is 0 Å². The molecule has 0 aliphatic carbocycles.